The van der Waals surface area contributed by atoms with Gasteiger partial charge in [0.15, 0.2) is 0 Å². The van der Waals surface area contributed by atoms with Gasteiger partial charge in [0.05, 0.1) is 42.8 Å². The second-order valence-electron chi connectivity index (χ2n) is 9.40. The van der Waals surface area contributed by atoms with Crippen LogP contribution in [-0.4, -0.2) is 98.7 Å². The molecule has 2 heterocycles. The predicted molar refractivity (Wildman–Crippen MR) is 103 cm³/mol. The minimum absolute atomic E-state index is 0.0995. The number of urea groups is 2. The van der Waals surface area contributed by atoms with Crippen molar-refractivity contribution in [2.24, 2.45) is 10.8 Å². The summed E-state index contributed by atoms with van der Waals surface area (Å²) < 4.78 is 0. The molecule has 2 aliphatic heterocycles. The Balaban J connectivity index is 2.28. The van der Waals surface area contributed by atoms with Gasteiger partial charge in [-0.2, -0.15) is 0 Å². The Hall–Kier alpha value is -2.20. The first kappa shape index (κ1) is 23.1. The Morgan fingerprint density at radius 1 is 0.759 bits per heavy atom. The van der Waals surface area contributed by atoms with Crippen LogP contribution in [-0.2, 0) is 9.59 Å². The first-order valence-electron chi connectivity index (χ1n) is 9.75. The molecule has 10 nitrogen and oxygen atoms in total. The summed E-state index contributed by atoms with van der Waals surface area (Å²) in [5, 5.41) is 19.4. The number of aliphatic hydroxyl groups is 2. The number of aliphatic hydroxyl groups excluding tert-OH is 2. The van der Waals surface area contributed by atoms with Gasteiger partial charge in [0.1, 0.15) is 0 Å². The summed E-state index contributed by atoms with van der Waals surface area (Å²) in [6.07, 6.45) is -1.76. The molecule has 164 valence electrons. The summed E-state index contributed by atoms with van der Waals surface area (Å²) in [5.74, 6) is -0.758. The summed E-state index contributed by atoms with van der Waals surface area (Å²) in [5.41, 5.74) is -1.77. The number of hydrogen-bond donors (Lipinski definition) is 2. The highest BCUT2D eigenvalue weighted by Crippen LogP contribution is 2.31. The van der Waals surface area contributed by atoms with Gasteiger partial charge in [-0.15, -0.1) is 0 Å². The maximum absolute atomic E-state index is 12.9. The number of amides is 6. The van der Waals surface area contributed by atoms with Crippen molar-refractivity contribution in [2.75, 3.05) is 32.8 Å². The Morgan fingerprint density at radius 2 is 1.07 bits per heavy atom. The van der Waals surface area contributed by atoms with E-state index < -0.39 is 35.1 Å². The van der Waals surface area contributed by atoms with Crippen molar-refractivity contribution < 1.29 is 29.4 Å². The molecule has 0 aromatic rings. The van der Waals surface area contributed by atoms with Crippen molar-refractivity contribution >= 4 is 23.9 Å². The van der Waals surface area contributed by atoms with Crippen LogP contribution in [0.25, 0.3) is 0 Å². The van der Waals surface area contributed by atoms with Crippen molar-refractivity contribution in [1.29, 1.82) is 0 Å². The van der Waals surface area contributed by atoms with Crippen LogP contribution in [0.2, 0.25) is 0 Å². The molecule has 10 heteroatoms. The van der Waals surface area contributed by atoms with Crippen LogP contribution in [0.3, 0.4) is 0 Å². The third-order valence-electron chi connectivity index (χ3n) is 5.06. The summed E-state index contributed by atoms with van der Waals surface area (Å²) >= 11 is 0. The van der Waals surface area contributed by atoms with Crippen LogP contribution in [0.15, 0.2) is 0 Å². The highest BCUT2D eigenvalue weighted by Gasteiger charge is 2.48. The van der Waals surface area contributed by atoms with Crippen molar-refractivity contribution in [3.05, 3.63) is 0 Å². The first-order valence-corrected chi connectivity index (χ1v) is 9.75. The Bertz CT molecular complexity index is 645. The van der Waals surface area contributed by atoms with Gasteiger partial charge in [0, 0.05) is 13.1 Å². The average Bonchev–Trinajstić information content (AvgIpc) is 2.57. The third-order valence-corrected chi connectivity index (χ3v) is 5.06. The second kappa shape index (κ2) is 7.91. The topological polar surface area (TPSA) is 122 Å². The highest BCUT2D eigenvalue weighted by atomic mass is 16.3. The first-order chi connectivity index (χ1) is 13.2. The number of carbonyl (C=O) groups is 4. The lowest BCUT2D eigenvalue weighted by molar-refractivity contribution is -0.145. The Morgan fingerprint density at radius 3 is 1.34 bits per heavy atom. The number of hydrogen-bond acceptors (Lipinski definition) is 6. The third kappa shape index (κ3) is 4.69. The fraction of sp³-hybridized carbons (Fsp3) is 0.789. The van der Waals surface area contributed by atoms with Gasteiger partial charge in [-0.1, -0.05) is 0 Å². The average molecular weight is 412 g/mol. The zero-order valence-electron chi connectivity index (χ0n) is 18.0. The van der Waals surface area contributed by atoms with E-state index in [1.165, 1.54) is 23.6 Å². The smallest absolute Gasteiger partial charge is 0.328 e. The number of rotatable bonds is 6. The maximum Gasteiger partial charge on any atom is 0.328 e. The monoisotopic (exact) mass is 412 g/mol. The molecule has 29 heavy (non-hydrogen) atoms. The van der Waals surface area contributed by atoms with Gasteiger partial charge < -0.3 is 20.0 Å². The van der Waals surface area contributed by atoms with E-state index >= 15 is 0 Å². The number of imide groups is 2. The molecule has 0 aliphatic carbocycles. The molecule has 0 aromatic carbocycles. The van der Waals surface area contributed by atoms with Gasteiger partial charge in [0.25, 0.3) is 0 Å². The summed E-state index contributed by atoms with van der Waals surface area (Å²) in [6, 6.07) is -1.17. The molecular formula is C19H32N4O6. The Labute approximate surface area is 171 Å². The fourth-order valence-corrected chi connectivity index (χ4v) is 3.75. The highest BCUT2D eigenvalue weighted by molar-refractivity contribution is 6.01. The van der Waals surface area contributed by atoms with Gasteiger partial charge in [-0.25, -0.2) is 9.59 Å². The number of β-amino-alcohol motifs (C(OH)–C–C–N with tert-alkyl or cyclic N) is 2. The van der Waals surface area contributed by atoms with Crippen molar-refractivity contribution in [3.8, 4) is 0 Å². The zero-order valence-corrected chi connectivity index (χ0v) is 18.0. The summed E-state index contributed by atoms with van der Waals surface area (Å²) in [6.45, 7) is 9.63. The minimum atomic E-state index is -0.883. The van der Waals surface area contributed by atoms with E-state index in [4.69, 9.17) is 0 Å². The van der Waals surface area contributed by atoms with Crippen LogP contribution in [0.5, 0.6) is 0 Å². The van der Waals surface area contributed by atoms with Crippen molar-refractivity contribution in [3.63, 3.8) is 0 Å². The normalized spacial score (nSPS) is 24.3. The molecule has 2 atom stereocenters. The van der Waals surface area contributed by atoms with Gasteiger partial charge >= 0.3 is 12.1 Å². The van der Waals surface area contributed by atoms with Crippen LogP contribution in [0, 0.1) is 10.8 Å². The quantitative estimate of drug-likeness (QED) is 0.647. The molecule has 2 saturated heterocycles. The van der Waals surface area contributed by atoms with E-state index in [9.17, 15) is 29.4 Å². The SMILES string of the molecule is CC(O)CN1C(=O)N(CN2CC(C)(C)C(=O)N(CC(C)O)C2=O)CC(C)(C)C1=O. The molecule has 2 rings (SSSR count). The molecule has 6 amide bonds. The molecule has 0 aromatic heterocycles. The van der Waals surface area contributed by atoms with Gasteiger partial charge in [-0.3, -0.25) is 19.4 Å². The van der Waals surface area contributed by atoms with E-state index in [0.29, 0.717) is 0 Å². The van der Waals surface area contributed by atoms with Crippen LogP contribution in [0.1, 0.15) is 41.5 Å². The lowest BCUT2D eigenvalue weighted by atomic mass is 9.88. The van der Waals surface area contributed by atoms with Crippen molar-refractivity contribution in [2.45, 2.75) is 53.8 Å². The lowest BCUT2D eigenvalue weighted by Crippen LogP contribution is -2.67. The molecule has 2 aliphatic rings. The van der Waals surface area contributed by atoms with Crippen LogP contribution < -0.4 is 0 Å². The van der Waals surface area contributed by atoms with E-state index in [1.54, 1.807) is 27.7 Å². The molecular weight excluding hydrogens is 380 g/mol. The van der Waals surface area contributed by atoms with E-state index in [2.05, 4.69) is 0 Å². The van der Waals surface area contributed by atoms with E-state index in [0.717, 1.165) is 9.80 Å². The molecule has 2 N–H and O–H groups in total. The van der Waals surface area contributed by atoms with E-state index in [-0.39, 0.29) is 44.7 Å². The molecule has 0 radical (unpaired) electrons. The van der Waals surface area contributed by atoms with Crippen LogP contribution >= 0.6 is 0 Å². The molecule has 2 fully saturated rings. The summed E-state index contributed by atoms with van der Waals surface area (Å²) in [4.78, 5) is 55.8. The molecule has 0 spiro atoms. The summed E-state index contributed by atoms with van der Waals surface area (Å²) in [7, 11) is 0. The largest absolute Gasteiger partial charge is 0.392 e. The van der Waals surface area contributed by atoms with Gasteiger partial charge in [-0.05, 0) is 41.5 Å². The lowest BCUT2D eigenvalue weighted by Gasteiger charge is -2.47. The number of carbonyl (C=O) groups excluding carboxylic acids is 4. The minimum Gasteiger partial charge on any atom is -0.392 e. The zero-order chi connectivity index (χ0) is 22.3. The molecule has 0 bridgehead atoms. The van der Waals surface area contributed by atoms with E-state index in [1.807, 2.05) is 0 Å². The predicted octanol–water partition coefficient (Wildman–Crippen LogP) is 0.286. The molecule has 2 unspecified atom stereocenters. The number of nitrogens with zero attached hydrogens (tertiary/aromatic N) is 4. The fourth-order valence-electron chi connectivity index (χ4n) is 3.75. The van der Waals surface area contributed by atoms with Crippen LogP contribution in [0.4, 0.5) is 9.59 Å². The van der Waals surface area contributed by atoms with Crippen molar-refractivity contribution in [1.82, 2.24) is 19.6 Å². The second-order valence-corrected chi connectivity index (χ2v) is 9.40. The maximum atomic E-state index is 12.9. The van der Waals surface area contributed by atoms with Gasteiger partial charge in [0.2, 0.25) is 11.8 Å². The molecule has 0 saturated carbocycles. The Kier molecular flexibility index (Phi) is 6.29. The standard InChI is InChI=1S/C19H32N4O6/c1-12(24)7-22-14(26)18(3,4)9-20(16(22)28)11-21-10-19(5,6)15(27)23(17(21)29)8-13(2)25/h12-13,24-25H,7-11H2,1-6H3.